The summed E-state index contributed by atoms with van der Waals surface area (Å²) < 4.78 is 6.68. The number of nitrogens with zero attached hydrogens (tertiary/aromatic N) is 1. The normalized spacial score (nSPS) is 14.9. The number of hydrogen-bond donors (Lipinski definition) is 0. The fourth-order valence-electron chi connectivity index (χ4n) is 2.51. The molecule has 0 N–H and O–H groups in total. The Balaban J connectivity index is 1.85. The first-order chi connectivity index (χ1) is 10.1. The first-order valence-electron chi connectivity index (χ1n) is 7.55. The molecule has 112 valence electrons. The van der Waals surface area contributed by atoms with Crippen LogP contribution in [0.2, 0.25) is 0 Å². The van der Waals surface area contributed by atoms with Gasteiger partial charge in [-0.2, -0.15) is 0 Å². The van der Waals surface area contributed by atoms with Crippen molar-refractivity contribution in [3.05, 3.63) is 34.5 Å². The molecule has 1 fully saturated rings. The summed E-state index contributed by atoms with van der Waals surface area (Å²) in [6, 6.07) is 8.11. The van der Waals surface area contributed by atoms with E-state index in [0.717, 1.165) is 41.2 Å². The van der Waals surface area contributed by atoms with Crippen LogP contribution in [0.15, 0.2) is 33.2 Å². The standard InChI is InChI=1S/C17H20BrNO2/c1-11(2)8-9-19(13-6-7-13)17(20)15-10-12-4-3-5-14(18)16(12)21-15/h3-5,10-11,13H,6-9H2,1-2H3. The van der Waals surface area contributed by atoms with E-state index in [1.54, 1.807) is 0 Å². The van der Waals surface area contributed by atoms with E-state index >= 15 is 0 Å². The maximum absolute atomic E-state index is 12.7. The molecule has 1 aromatic heterocycles. The zero-order valence-corrected chi connectivity index (χ0v) is 14.0. The smallest absolute Gasteiger partial charge is 0.289 e. The van der Waals surface area contributed by atoms with Crippen LogP contribution in [-0.2, 0) is 0 Å². The van der Waals surface area contributed by atoms with Gasteiger partial charge in [0.2, 0.25) is 0 Å². The van der Waals surface area contributed by atoms with Gasteiger partial charge < -0.3 is 9.32 Å². The van der Waals surface area contributed by atoms with Gasteiger partial charge in [0, 0.05) is 18.0 Å². The van der Waals surface area contributed by atoms with E-state index in [1.165, 1.54) is 0 Å². The van der Waals surface area contributed by atoms with E-state index in [9.17, 15) is 4.79 Å². The molecule has 0 unspecified atom stereocenters. The number of carbonyl (C=O) groups is 1. The molecule has 1 aromatic carbocycles. The Kier molecular flexibility index (Phi) is 4.07. The highest BCUT2D eigenvalue weighted by Gasteiger charge is 2.34. The molecular weight excluding hydrogens is 330 g/mol. The molecule has 0 aliphatic heterocycles. The Hall–Kier alpha value is -1.29. The van der Waals surface area contributed by atoms with Crippen molar-refractivity contribution in [2.45, 2.75) is 39.2 Å². The topological polar surface area (TPSA) is 33.5 Å². The largest absolute Gasteiger partial charge is 0.450 e. The number of benzene rings is 1. The van der Waals surface area contributed by atoms with Crippen molar-refractivity contribution in [1.82, 2.24) is 4.90 Å². The Morgan fingerprint density at radius 2 is 2.19 bits per heavy atom. The van der Waals surface area contributed by atoms with Crippen LogP contribution in [0.25, 0.3) is 11.0 Å². The van der Waals surface area contributed by atoms with E-state index in [4.69, 9.17) is 4.42 Å². The maximum atomic E-state index is 12.7. The SMILES string of the molecule is CC(C)CCN(C(=O)c1cc2cccc(Br)c2o1)C1CC1. The van der Waals surface area contributed by atoms with E-state index < -0.39 is 0 Å². The second-order valence-electron chi connectivity index (χ2n) is 6.18. The molecule has 2 aromatic rings. The quantitative estimate of drug-likeness (QED) is 0.773. The van der Waals surface area contributed by atoms with Gasteiger partial charge in [0.15, 0.2) is 5.76 Å². The minimum absolute atomic E-state index is 0.0289. The van der Waals surface area contributed by atoms with Gasteiger partial charge in [-0.15, -0.1) is 0 Å². The molecule has 3 rings (SSSR count). The van der Waals surface area contributed by atoms with Gasteiger partial charge in [-0.05, 0) is 53.2 Å². The van der Waals surface area contributed by atoms with Gasteiger partial charge in [0.05, 0.1) is 4.47 Å². The predicted octanol–water partition coefficient (Wildman–Crippen LogP) is 4.85. The summed E-state index contributed by atoms with van der Waals surface area (Å²) in [5, 5.41) is 0.965. The lowest BCUT2D eigenvalue weighted by Crippen LogP contribution is -2.34. The second kappa shape index (κ2) is 5.84. The number of furan rings is 1. The fraction of sp³-hybridized carbons (Fsp3) is 0.471. The van der Waals surface area contributed by atoms with Crippen molar-refractivity contribution in [1.29, 1.82) is 0 Å². The molecule has 21 heavy (non-hydrogen) atoms. The van der Waals surface area contributed by atoms with Gasteiger partial charge in [-0.1, -0.05) is 26.0 Å². The van der Waals surface area contributed by atoms with E-state index in [-0.39, 0.29) is 5.91 Å². The van der Waals surface area contributed by atoms with Gasteiger partial charge in [0.1, 0.15) is 5.58 Å². The zero-order chi connectivity index (χ0) is 15.0. The lowest BCUT2D eigenvalue weighted by molar-refractivity contribution is 0.0705. The number of amides is 1. The van der Waals surface area contributed by atoms with E-state index in [0.29, 0.717) is 17.7 Å². The summed E-state index contributed by atoms with van der Waals surface area (Å²) in [6.45, 7) is 5.20. The van der Waals surface area contributed by atoms with Gasteiger partial charge in [-0.25, -0.2) is 0 Å². The van der Waals surface area contributed by atoms with Crippen LogP contribution in [0.3, 0.4) is 0 Å². The van der Waals surface area contributed by atoms with Crippen LogP contribution in [-0.4, -0.2) is 23.4 Å². The molecule has 4 heteroatoms. The van der Waals surface area contributed by atoms with Crippen LogP contribution in [0.4, 0.5) is 0 Å². The molecule has 0 atom stereocenters. The number of carbonyl (C=O) groups excluding carboxylic acids is 1. The van der Waals surface area contributed by atoms with Crippen molar-refractivity contribution in [2.24, 2.45) is 5.92 Å². The van der Waals surface area contributed by atoms with Crippen LogP contribution < -0.4 is 0 Å². The Morgan fingerprint density at radius 3 is 2.81 bits per heavy atom. The molecule has 1 aliphatic rings. The molecule has 0 saturated heterocycles. The number of fused-ring (bicyclic) bond motifs is 1. The lowest BCUT2D eigenvalue weighted by Gasteiger charge is -2.22. The third-order valence-electron chi connectivity index (χ3n) is 3.90. The average molecular weight is 350 g/mol. The minimum Gasteiger partial charge on any atom is -0.450 e. The average Bonchev–Trinajstić information content (AvgIpc) is 3.16. The molecule has 1 heterocycles. The fourth-order valence-corrected chi connectivity index (χ4v) is 2.97. The number of halogens is 1. The molecule has 1 saturated carbocycles. The summed E-state index contributed by atoms with van der Waals surface area (Å²) in [6.07, 6.45) is 3.27. The zero-order valence-electron chi connectivity index (χ0n) is 12.4. The molecule has 3 nitrogen and oxygen atoms in total. The summed E-state index contributed by atoms with van der Waals surface area (Å²) in [5.41, 5.74) is 0.750. The number of rotatable bonds is 5. The van der Waals surface area contributed by atoms with Crippen molar-refractivity contribution >= 4 is 32.8 Å². The Morgan fingerprint density at radius 1 is 1.43 bits per heavy atom. The van der Waals surface area contributed by atoms with Crippen molar-refractivity contribution in [3.63, 3.8) is 0 Å². The monoisotopic (exact) mass is 349 g/mol. The highest BCUT2D eigenvalue weighted by Crippen LogP contribution is 2.32. The molecule has 0 spiro atoms. The molecule has 1 aliphatic carbocycles. The van der Waals surface area contributed by atoms with Gasteiger partial charge in [-0.3, -0.25) is 4.79 Å². The van der Waals surface area contributed by atoms with E-state index in [1.807, 2.05) is 29.2 Å². The third-order valence-corrected chi connectivity index (χ3v) is 4.53. The van der Waals surface area contributed by atoms with Crippen LogP contribution in [0.1, 0.15) is 43.7 Å². The highest BCUT2D eigenvalue weighted by molar-refractivity contribution is 9.10. The Labute approximate surface area is 133 Å². The summed E-state index contributed by atoms with van der Waals surface area (Å²) >= 11 is 3.47. The molecule has 0 radical (unpaired) electrons. The Bertz CT molecular complexity index is 658. The summed E-state index contributed by atoms with van der Waals surface area (Å²) in [5.74, 6) is 1.08. The highest BCUT2D eigenvalue weighted by atomic mass is 79.9. The summed E-state index contributed by atoms with van der Waals surface area (Å²) in [7, 11) is 0. The van der Waals surface area contributed by atoms with Gasteiger partial charge in [0.25, 0.3) is 5.91 Å². The molecule has 0 bridgehead atoms. The van der Waals surface area contributed by atoms with Gasteiger partial charge >= 0.3 is 0 Å². The first-order valence-corrected chi connectivity index (χ1v) is 8.34. The minimum atomic E-state index is 0.0289. The summed E-state index contributed by atoms with van der Waals surface area (Å²) in [4.78, 5) is 14.7. The second-order valence-corrected chi connectivity index (χ2v) is 7.04. The van der Waals surface area contributed by atoms with E-state index in [2.05, 4.69) is 29.8 Å². The van der Waals surface area contributed by atoms with Crippen molar-refractivity contribution in [3.8, 4) is 0 Å². The lowest BCUT2D eigenvalue weighted by atomic mass is 10.1. The third kappa shape index (κ3) is 3.15. The molecular formula is C17H20BrNO2. The number of hydrogen-bond acceptors (Lipinski definition) is 2. The molecule has 1 amide bonds. The maximum Gasteiger partial charge on any atom is 0.289 e. The number of para-hydroxylation sites is 1. The van der Waals surface area contributed by atoms with Crippen molar-refractivity contribution in [2.75, 3.05) is 6.54 Å². The van der Waals surface area contributed by atoms with Crippen LogP contribution in [0.5, 0.6) is 0 Å². The predicted molar refractivity (Wildman–Crippen MR) is 87.4 cm³/mol. The van der Waals surface area contributed by atoms with Crippen LogP contribution in [0, 0.1) is 5.92 Å². The van der Waals surface area contributed by atoms with Crippen LogP contribution >= 0.6 is 15.9 Å². The first kappa shape index (κ1) is 14.6. The van der Waals surface area contributed by atoms with Crippen molar-refractivity contribution < 1.29 is 9.21 Å².